The maximum atomic E-state index is 13.4. The van der Waals surface area contributed by atoms with Crippen LogP contribution in [0.15, 0.2) is 47.3 Å². The number of amides is 1. The van der Waals surface area contributed by atoms with E-state index in [1.165, 1.54) is 23.5 Å². The highest BCUT2D eigenvalue weighted by Gasteiger charge is 2.22. The molecule has 1 N–H and O–H groups in total. The Bertz CT molecular complexity index is 1370. The Morgan fingerprint density at radius 1 is 1.18 bits per heavy atom. The third-order valence-corrected chi connectivity index (χ3v) is 6.52. The van der Waals surface area contributed by atoms with E-state index < -0.39 is 0 Å². The first-order chi connectivity index (χ1) is 15.8. The van der Waals surface area contributed by atoms with Crippen molar-refractivity contribution in [3.8, 4) is 0 Å². The van der Waals surface area contributed by atoms with E-state index in [1.807, 2.05) is 6.92 Å². The van der Waals surface area contributed by atoms with E-state index in [1.54, 1.807) is 42.2 Å². The zero-order chi connectivity index (χ0) is 23.5. The number of aromatic amines is 1. The molecule has 0 unspecified atom stereocenters. The Balaban J connectivity index is 1.59. The number of rotatable bonds is 7. The highest BCUT2D eigenvalue weighted by Crippen LogP contribution is 2.24. The van der Waals surface area contributed by atoms with Gasteiger partial charge in [-0.1, -0.05) is 30.7 Å². The first-order valence-corrected chi connectivity index (χ1v) is 11.7. The standard InChI is InChI=1S/C24H22ClFN4O2S/c1-3-10-30(13-20-28-19-12-16(25)6-9-18(19)23(31)29-20)24(32)22-14(2)27-21(33-22)11-15-4-7-17(26)8-5-15/h4-9,12H,3,10-11,13H2,1-2H3,(H,28,29,31). The lowest BCUT2D eigenvalue weighted by Crippen LogP contribution is -2.32. The molecular formula is C24H22ClFN4O2S. The van der Waals surface area contributed by atoms with Gasteiger partial charge in [-0.3, -0.25) is 9.59 Å². The molecule has 0 saturated carbocycles. The summed E-state index contributed by atoms with van der Waals surface area (Å²) in [5, 5.41) is 1.72. The Kier molecular flexibility index (Phi) is 6.85. The number of aryl methyl sites for hydroxylation is 1. The molecule has 1 amide bonds. The van der Waals surface area contributed by atoms with Crippen molar-refractivity contribution in [3.63, 3.8) is 0 Å². The third kappa shape index (κ3) is 5.29. The minimum Gasteiger partial charge on any atom is -0.330 e. The summed E-state index contributed by atoms with van der Waals surface area (Å²) in [6.07, 6.45) is 1.27. The minimum absolute atomic E-state index is 0.161. The van der Waals surface area contributed by atoms with Gasteiger partial charge in [-0.2, -0.15) is 0 Å². The van der Waals surface area contributed by atoms with Gasteiger partial charge in [0.05, 0.1) is 28.1 Å². The Hall–Kier alpha value is -3.10. The summed E-state index contributed by atoms with van der Waals surface area (Å²) in [7, 11) is 0. The van der Waals surface area contributed by atoms with E-state index in [-0.39, 0.29) is 23.8 Å². The quantitative estimate of drug-likeness (QED) is 0.394. The number of aromatic nitrogens is 3. The first-order valence-electron chi connectivity index (χ1n) is 10.5. The molecule has 2 aromatic heterocycles. The number of fused-ring (bicyclic) bond motifs is 1. The third-order valence-electron chi connectivity index (χ3n) is 5.14. The molecule has 0 saturated heterocycles. The summed E-state index contributed by atoms with van der Waals surface area (Å²) in [6.45, 7) is 4.45. The van der Waals surface area contributed by atoms with Crippen LogP contribution in [0.5, 0.6) is 0 Å². The smallest absolute Gasteiger partial charge is 0.266 e. The molecule has 0 aliphatic rings. The van der Waals surface area contributed by atoms with Gasteiger partial charge in [-0.05, 0) is 49.2 Å². The number of H-pyrrole nitrogens is 1. The maximum Gasteiger partial charge on any atom is 0.266 e. The second kappa shape index (κ2) is 9.80. The number of nitrogens with one attached hydrogen (secondary N) is 1. The van der Waals surface area contributed by atoms with Gasteiger partial charge in [-0.15, -0.1) is 11.3 Å². The fraction of sp³-hybridized carbons (Fsp3) is 0.250. The number of nitrogens with zero attached hydrogens (tertiary/aromatic N) is 3. The van der Waals surface area contributed by atoms with Crippen LogP contribution >= 0.6 is 22.9 Å². The van der Waals surface area contributed by atoms with Crippen LogP contribution in [0.4, 0.5) is 4.39 Å². The van der Waals surface area contributed by atoms with Gasteiger partial charge in [0.25, 0.3) is 11.5 Å². The van der Waals surface area contributed by atoms with Gasteiger partial charge in [-0.25, -0.2) is 14.4 Å². The summed E-state index contributed by atoms with van der Waals surface area (Å²) in [5.41, 5.74) is 1.79. The van der Waals surface area contributed by atoms with Crippen molar-refractivity contribution in [1.82, 2.24) is 19.9 Å². The van der Waals surface area contributed by atoms with Crippen molar-refractivity contribution in [3.05, 3.63) is 90.6 Å². The SMILES string of the molecule is CCCN(Cc1nc2cc(Cl)ccc2c(=O)[nH]1)C(=O)c1sc(Cc2ccc(F)cc2)nc1C. The molecule has 0 aliphatic heterocycles. The number of hydrogen-bond acceptors (Lipinski definition) is 5. The van der Waals surface area contributed by atoms with Crippen LogP contribution in [0.2, 0.25) is 5.02 Å². The molecule has 6 nitrogen and oxygen atoms in total. The monoisotopic (exact) mass is 484 g/mol. The molecule has 33 heavy (non-hydrogen) atoms. The summed E-state index contributed by atoms with van der Waals surface area (Å²) >= 11 is 7.39. The number of benzene rings is 2. The molecule has 9 heteroatoms. The fourth-order valence-electron chi connectivity index (χ4n) is 3.59. The predicted octanol–water partition coefficient (Wildman–Crippen LogP) is 5.12. The zero-order valence-corrected chi connectivity index (χ0v) is 19.8. The van der Waals surface area contributed by atoms with Gasteiger partial charge in [0.15, 0.2) is 0 Å². The van der Waals surface area contributed by atoms with Crippen molar-refractivity contribution >= 4 is 39.7 Å². The molecule has 0 spiro atoms. The lowest BCUT2D eigenvalue weighted by molar-refractivity contribution is 0.0743. The average Bonchev–Trinajstić information content (AvgIpc) is 3.14. The average molecular weight is 485 g/mol. The fourth-order valence-corrected chi connectivity index (χ4v) is 4.82. The van der Waals surface area contributed by atoms with Gasteiger partial charge < -0.3 is 9.88 Å². The van der Waals surface area contributed by atoms with Crippen molar-refractivity contribution in [2.75, 3.05) is 6.54 Å². The van der Waals surface area contributed by atoms with E-state index >= 15 is 0 Å². The van der Waals surface area contributed by atoms with Crippen LogP contribution in [-0.4, -0.2) is 32.3 Å². The summed E-state index contributed by atoms with van der Waals surface area (Å²) in [4.78, 5) is 39.9. The number of thiazole rings is 1. The number of carbonyl (C=O) groups excluding carboxylic acids is 1. The minimum atomic E-state index is -0.289. The zero-order valence-electron chi connectivity index (χ0n) is 18.2. The predicted molar refractivity (Wildman–Crippen MR) is 128 cm³/mol. The van der Waals surface area contributed by atoms with Crippen LogP contribution in [0, 0.1) is 12.7 Å². The Morgan fingerprint density at radius 2 is 1.94 bits per heavy atom. The van der Waals surface area contributed by atoms with E-state index in [0.29, 0.717) is 45.3 Å². The molecule has 4 aromatic rings. The van der Waals surface area contributed by atoms with Crippen molar-refractivity contribution in [1.29, 1.82) is 0 Å². The van der Waals surface area contributed by atoms with Crippen LogP contribution in [0.3, 0.4) is 0 Å². The maximum absolute atomic E-state index is 13.4. The van der Waals surface area contributed by atoms with Gasteiger partial charge in [0.1, 0.15) is 16.5 Å². The molecule has 0 fully saturated rings. The van der Waals surface area contributed by atoms with Crippen LogP contribution < -0.4 is 5.56 Å². The van der Waals surface area contributed by atoms with Crippen molar-refractivity contribution in [2.45, 2.75) is 33.2 Å². The molecule has 0 bridgehead atoms. The second-order valence-corrected chi connectivity index (χ2v) is 9.25. The summed E-state index contributed by atoms with van der Waals surface area (Å²) in [6, 6.07) is 11.2. The molecule has 2 aromatic carbocycles. The van der Waals surface area contributed by atoms with Gasteiger partial charge in [0.2, 0.25) is 0 Å². The van der Waals surface area contributed by atoms with E-state index in [4.69, 9.17) is 11.6 Å². The highest BCUT2D eigenvalue weighted by molar-refractivity contribution is 7.13. The van der Waals surface area contributed by atoms with Crippen LogP contribution in [0.25, 0.3) is 10.9 Å². The van der Waals surface area contributed by atoms with Crippen LogP contribution in [0.1, 0.15) is 45.1 Å². The van der Waals surface area contributed by atoms with Gasteiger partial charge >= 0.3 is 0 Å². The number of hydrogen-bond donors (Lipinski definition) is 1. The van der Waals surface area contributed by atoms with Crippen molar-refractivity contribution < 1.29 is 9.18 Å². The van der Waals surface area contributed by atoms with Crippen LogP contribution in [-0.2, 0) is 13.0 Å². The summed E-state index contributed by atoms with van der Waals surface area (Å²) < 4.78 is 13.2. The molecule has 0 radical (unpaired) electrons. The van der Waals surface area contributed by atoms with Gasteiger partial charge in [0, 0.05) is 18.0 Å². The van der Waals surface area contributed by atoms with E-state index in [0.717, 1.165) is 17.0 Å². The summed E-state index contributed by atoms with van der Waals surface area (Å²) in [5.74, 6) is -0.0564. The largest absolute Gasteiger partial charge is 0.330 e. The number of halogens is 2. The molecule has 4 rings (SSSR count). The Morgan fingerprint density at radius 3 is 2.67 bits per heavy atom. The number of carbonyl (C=O) groups is 1. The molecular weight excluding hydrogens is 463 g/mol. The first kappa shape index (κ1) is 23.1. The highest BCUT2D eigenvalue weighted by atomic mass is 35.5. The lowest BCUT2D eigenvalue weighted by Gasteiger charge is -2.21. The normalized spacial score (nSPS) is 11.2. The molecule has 0 aliphatic carbocycles. The van der Waals surface area contributed by atoms with Crippen molar-refractivity contribution in [2.24, 2.45) is 0 Å². The molecule has 170 valence electrons. The molecule has 2 heterocycles. The van der Waals surface area contributed by atoms with E-state index in [9.17, 15) is 14.0 Å². The topological polar surface area (TPSA) is 79.0 Å². The lowest BCUT2D eigenvalue weighted by atomic mass is 10.1. The van der Waals surface area contributed by atoms with E-state index in [2.05, 4.69) is 15.0 Å². The molecule has 0 atom stereocenters. The Labute approximate surface area is 199 Å². The second-order valence-electron chi connectivity index (χ2n) is 7.73.